The number of nitrogens with one attached hydrogen (secondary N) is 3. The normalized spacial score (nSPS) is 17.3. The van der Waals surface area contributed by atoms with Crippen molar-refractivity contribution >= 4 is 12.1 Å². The quantitative estimate of drug-likeness (QED) is 0.246. The second-order valence-corrected chi connectivity index (χ2v) is 9.48. The van der Waals surface area contributed by atoms with Crippen molar-refractivity contribution in [3.05, 3.63) is 0 Å². The zero-order valence-corrected chi connectivity index (χ0v) is 20.9. The second kappa shape index (κ2) is 15.3. The van der Waals surface area contributed by atoms with Gasteiger partial charge in [-0.2, -0.15) is 0 Å². The summed E-state index contributed by atoms with van der Waals surface area (Å²) in [6.45, 7) is 17.9. The topological polar surface area (TPSA) is 81.2 Å². The van der Waals surface area contributed by atoms with Crippen LogP contribution in [0.25, 0.3) is 0 Å². The van der Waals surface area contributed by atoms with Crippen molar-refractivity contribution in [3.8, 4) is 0 Å². The van der Waals surface area contributed by atoms with Gasteiger partial charge >= 0.3 is 6.09 Å². The number of hydrogen-bond donors (Lipinski definition) is 3. The third-order valence-corrected chi connectivity index (χ3v) is 5.23. The van der Waals surface area contributed by atoms with E-state index in [-0.39, 0.29) is 12.1 Å². The van der Waals surface area contributed by atoms with Crippen molar-refractivity contribution in [1.29, 1.82) is 0 Å². The van der Waals surface area contributed by atoms with Gasteiger partial charge in [0, 0.05) is 51.9 Å². The number of hydrogen-bond acceptors (Lipinski definition) is 5. The Hall–Kier alpha value is -1.54. The number of amides is 1. The molecule has 1 rings (SSSR count). The summed E-state index contributed by atoms with van der Waals surface area (Å²) >= 11 is 0. The number of ether oxygens (including phenoxy) is 1. The van der Waals surface area contributed by atoms with Crippen molar-refractivity contribution in [3.63, 3.8) is 0 Å². The summed E-state index contributed by atoms with van der Waals surface area (Å²) in [5, 5.41) is 9.74. The molecule has 0 aromatic rings. The summed E-state index contributed by atoms with van der Waals surface area (Å²) in [6, 6.07) is 0.121. The Kier molecular flexibility index (Phi) is 13.6. The minimum atomic E-state index is -0.489. The summed E-state index contributed by atoms with van der Waals surface area (Å²) in [4.78, 5) is 21.7. The number of carbonyl (C=O) groups excluding carboxylic acids is 1. The van der Waals surface area contributed by atoms with Crippen molar-refractivity contribution in [2.24, 2.45) is 4.99 Å². The molecule has 8 nitrogen and oxygen atoms in total. The van der Waals surface area contributed by atoms with E-state index >= 15 is 0 Å². The van der Waals surface area contributed by atoms with Crippen LogP contribution in [-0.4, -0.2) is 92.9 Å². The smallest absolute Gasteiger partial charge is 0.407 e. The van der Waals surface area contributed by atoms with Gasteiger partial charge < -0.3 is 30.5 Å². The summed E-state index contributed by atoms with van der Waals surface area (Å²) in [5.74, 6) is 0.828. The van der Waals surface area contributed by atoms with E-state index in [1.54, 1.807) is 0 Å². The van der Waals surface area contributed by atoms with Gasteiger partial charge in [-0.1, -0.05) is 19.8 Å². The fourth-order valence-electron chi connectivity index (χ4n) is 3.42. The Morgan fingerprint density at radius 1 is 1.06 bits per heavy atom. The zero-order valence-electron chi connectivity index (χ0n) is 20.9. The first-order valence-electron chi connectivity index (χ1n) is 12.2. The number of carbonyl (C=O) groups is 1. The number of aliphatic imine (C=N–C) groups is 1. The number of unbranched alkanes of at least 4 members (excludes halogenated alkanes) is 2. The third-order valence-electron chi connectivity index (χ3n) is 5.23. The Bertz CT molecular complexity index is 513. The first-order chi connectivity index (χ1) is 14.7. The van der Waals surface area contributed by atoms with Crippen LogP contribution in [0, 0.1) is 0 Å². The van der Waals surface area contributed by atoms with Gasteiger partial charge in [0.15, 0.2) is 5.96 Å². The van der Waals surface area contributed by atoms with Gasteiger partial charge in [0.2, 0.25) is 0 Å². The fourth-order valence-corrected chi connectivity index (χ4v) is 3.42. The van der Waals surface area contributed by atoms with Crippen LogP contribution in [-0.2, 0) is 4.74 Å². The highest BCUT2D eigenvalue weighted by Crippen LogP contribution is 2.07. The van der Waals surface area contributed by atoms with E-state index in [1.165, 1.54) is 32.6 Å². The van der Waals surface area contributed by atoms with Crippen LogP contribution in [0.4, 0.5) is 4.79 Å². The molecule has 1 amide bonds. The first-order valence-corrected chi connectivity index (χ1v) is 12.2. The molecular weight excluding hydrogens is 392 g/mol. The summed E-state index contributed by atoms with van der Waals surface area (Å²) in [6.07, 6.45) is 5.06. The van der Waals surface area contributed by atoms with E-state index in [9.17, 15) is 4.79 Å². The van der Waals surface area contributed by atoms with Crippen LogP contribution in [0.15, 0.2) is 4.99 Å². The standard InChI is InChI=1S/C23H48N6O2/c1-7-9-12-20(19-26-22(30)31-23(3,4)5)27-21(24-8-2)25-13-10-11-14-29-17-15-28(6)16-18-29/h20H,7-19H2,1-6H3,(H,26,30)(H2,24,25,27). The lowest BCUT2D eigenvalue weighted by Crippen LogP contribution is -2.49. The molecule has 1 atom stereocenters. The largest absolute Gasteiger partial charge is 0.444 e. The Balaban J connectivity index is 2.44. The third kappa shape index (κ3) is 14.2. The predicted octanol–water partition coefficient (Wildman–Crippen LogP) is 2.65. The molecule has 1 heterocycles. The fraction of sp³-hybridized carbons (Fsp3) is 0.913. The van der Waals surface area contributed by atoms with Crippen molar-refractivity contribution < 1.29 is 9.53 Å². The molecule has 1 saturated heterocycles. The van der Waals surface area contributed by atoms with E-state index < -0.39 is 5.60 Å². The maximum absolute atomic E-state index is 12.0. The summed E-state index contributed by atoms with van der Waals surface area (Å²) in [7, 11) is 2.19. The van der Waals surface area contributed by atoms with E-state index in [2.05, 4.69) is 46.6 Å². The van der Waals surface area contributed by atoms with Crippen LogP contribution in [0.2, 0.25) is 0 Å². The number of guanidine groups is 1. The lowest BCUT2D eigenvalue weighted by Gasteiger charge is -2.32. The Labute approximate surface area is 190 Å². The average Bonchev–Trinajstić information content (AvgIpc) is 2.69. The van der Waals surface area contributed by atoms with Gasteiger partial charge in [-0.05, 0) is 60.5 Å². The van der Waals surface area contributed by atoms with Crippen LogP contribution in [0.1, 0.15) is 66.7 Å². The highest BCUT2D eigenvalue weighted by molar-refractivity contribution is 5.80. The molecule has 0 saturated carbocycles. The molecule has 0 spiro atoms. The lowest BCUT2D eigenvalue weighted by molar-refractivity contribution is 0.0522. The highest BCUT2D eigenvalue weighted by atomic mass is 16.6. The van der Waals surface area contributed by atoms with Crippen LogP contribution < -0.4 is 16.0 Å². The van der Waals surface area contributed by atoms with Gasteiger partial charge in [0.05, 0.1) is 0 Å². The van der Waals surface area contributed by atoms with Gasteiger partial charge in [0.1, 0.15) is 5.60 Å². The molecule has 8 heteroatoms. The molecule has 3 N–H and O–H groups in total. The lowest BCUT2D eigenvalue weighted by atomic mass is 10.1. The maximum atomic E-state index is 12.0. The van der Waals surface area contributed by atoms with Crippen LogP contribution >= 0.6 is 0 Å². The molecule has 1 unspecified atom stereocenters. The van der Waals surface area contributed by atoms with Crippen LogP contribution in [0.3, 0.4) is 0 Å². The van der Waals surface area contributed by atoms with E-state index in [0.29, 0.717) is 6.54 Å². The highest BCUT2D eigenvalue weighted by Gasteiger charge is 2.18. The van der Waals surface area contributed by atoms with Crippen molar-refractivity contribution in [2.45, 2.75) is 78.4 Å². The number of alkyl carbamates (subject to hydrolysis) is 1. The zero-order chi connectivity index (χ0) is 23.1. The SMILES string of the molecule is CCCCC(CNC(=O)OC(C)(C)C)NC(=NCCCCN1CCN(C)CC1)NCC. The average molecular weight is 441 g/mol. The van der Waals surface area contributed by atoms with E-state index in [0.717, 1.165) is 51.3 Å². The molecule has 1 aliphatic heterocycles. The number of rotatable bonds is 12. The molecule has 1 aliphatic rings. The minimum Gasteiger partial charge on any atom is -0.444 e. The van der Waals surface area contributed by atoms with Crippen molar-refractivity contribution in [1.82, 2.24) is 25.8 Å². The summed E-state index contributed by atoms with van der Waals surface area (Å²) < 4.78 is 5.36. The molecule has 31 heavy (non-hydrogen) atoms. The Morgan fingerprint density at radius 3 is 2.39 bits per heavy atom. The van der Waals surface area contributed by atoms with E-state index in [1.807, 2.05) is 20.8 Å². The molecule has 0 bridgehead atoms. The minimum absolute atomic E-state index is 0.121. The molecule has 0 aromatic heterocycles. The second-order valence-electron chi connectivity index (χ2n) is 9.48. The number of likely N-dealkylation sites (N-methyl/N-ethyl adjacent to an activating group) is 1. The molecule has 0 aromatic carbocycles. The molecule has 0 radical (unpaired) electrons. The van der Waals surface area contributed by atoms with Crippen LogP contribution in [0.5, 0.6) is 0 Å². The predicted molar refractivity (Wildman–Crippen MR) is 130 cm³/mol. The monoisotopic (exact) mass is 440 g/mol. The molecular formula is C23H48N6O2. The van der Waals surface area contributed by atoms with Gasteiger partial charge in [-0.3, -0.25) is 4.99 Å². The molecule has 0 aliphatic carbocycles. The maximum Gasteiger partial charge on any atom is 0.407 e. The van der Waals surface area contributed by atoms with Gasteiger partial charge in [0.25, 0.3) is 0 Å². The van der Waals surface area contributed by atoms with Crippen molar-refractivity contribution in [2.75, 3.05) is 59.4 Å². The van der Waals surface area contributed by atoms with E-state index in [4.69, 9.17) is 9.73 Å². The molecule has 182 valence electrons. The van der Waals surface area contributed by atoms with Gasteiger partial charge in [-0.15, -0.1) is 0 Å². The molecule has 1 fully saturated rings. The summed E-state index contributed by atoms with van der Waals surface area (Å²) in [5.41, 5.74) is -0.489. The number of piperazine rings is 1. The van der Waals surface area contributed by atoms with Gasteiger partial charge in [-0.25, -0.2) is 4.79 Å². The Morgan fingerprint density at radius 2 is 1.77 bits per heavy atom. The first kappa shape index (κ1) is 27.5. The number of nitrogens with zero attached hydrogens (tertiary/aromatic N) is 3.